The zero-order valence-electron chi connectivity index (χ0n) is 12.0. The van der Waals surface area contributed by atoms with E-state index in [1.807, 2.05) is 30.3 Å². The molecule has 20 heavy (non-hydrogen) atoms. The molecule has 0 aliphatic heterocycles. The number of esters is 1. The van der Waals surface area contributed by atoms with Crippen LogP contribution in [0.5, 0.6) is 0 Å². The van der Waals surface area contributed by atoms with E-state index >= 15 is 0 Å². The first-order valence-electron chi connectivity index (χ1n) is 7.01. The van der Waals surface area contributed by atoms with Gasteiger partial charge >= 0.3 is 5.97 Å². The van der Waals surface area contributed by atoms with E-state index in [1.165, 1.54) is 7.11 Å². The quantitative estimate of drug-likeness (QED) is 0.775. The van der Waals surface area contributed by atoms with Gasteiger partial charge in [0.25, 0.3) is 0 Å². The van der Waals surface area contributed by atoms with Crippen molar-refractivity contribution < 1.29 is 19.4 Å². The molecule has 1 aromatic carbocycles. The molecule has 1 aliphatic carbocycles. The van der Waals surface area contributed by atoms with Crippen LogP contribution < -0.4 is 0 Å². The van der Waals surface area contributed by atoms with Gasteiger partial charge in [-0.1, -0.05) is 30.3 Å². The number of methoxy groups -OCH3 is 1. The van der Waals surface area contributed by atoms with Crippen LogP contribution in [0.3, 0.4) is 0 Å². The molecule has 0 amide bonds. The Bertz CT molecular complexity index is 431. The minimum atomic E-state index is -0.632. The summed E-state index contributed by atoms with van der Waals surface area (Å²) >= 11 is 0. The van der Waals surface area contributed by atoms with Gasteiger partial charge in [-0.2, -0.15) is 0 Å². The highest BCUT2D eigenvalue weighted by atomic mass is 16.5. The molecular formula is C16H22O4. The molecule has 0 unspecified atom stereocenters. The fraction of sp³-hybridized carbons (Fsp3) is 0.562. The van der Waals surface area contributed by atoms with Gasteiger partial charge in [0.1, 0.15) is 0 Å². The number of rotatable bonds is 7. The van der Waals surface area contributed by atoms with Gasteiger partial charge < -0.3 is 14.6 Å². The molecule has 0 bridgehead atoms. The molecule has 1 aliphatic rings. The summed E-state index contributed by atoms with van der Waals surface area (Å²) in [7, 11) is 1.35. The normalized spacial score (nSPS) is 23.9. The minimum Gasteiger partial charge on any atom is -0.469 e. The van der Waals surface area contributed by atoms with E-state index in [0.29, 0.717) is 19.1 Å². The van der Waals surface area contributed by atoms with Crippen molar-refractivity contribution in [2.45, 2.75) is 26.1 Å². The molecule has 1 N–H and O–H groups in total. The number of carbonyl (C=O) groups excluding carboxylic acids is 1. The van der Waals surface area contributed by atoms with E-state index in [9.17, 15) is 9.90 Å². The average Bonchev–Trinajstić information content (AvgIpc) is 3.25. The molecule has 0 saturated heterocycles. The lowest BCUT2D eigenvalue weighted by atomic mass is 10.00. The van der Waals surface area contributed by atoms with Crippen LogP contribution in [0.1, 0.15) is 18.9 Å². The number of ether oxygens (including phenoxy) is 2. The van der Waals surface area contributed by atoms with Crippen LogP contribution >= 0.6 is 0 Å². The molecule has 110 valence electrons. The molecule has 0 radical (unpaired) electrons. The predicted octanol–water partition coefficient (Wildman–Crippen LogP) is 2.01. The van der Waals surface area contributed by atoms with Gasteiger partial charge in [-0.3, -0.25) is 4.79 Å². The SMILES string of the molecule is COC(=O)[C@@H](C)[C@H](O)[C@H]1C[C@@H]1COCc1ccccc1. The molecule has 1 saturated carbocycles. The third kappa shape index (κ3) is 3.81. The summed E-state index contributed by atoms with van der Waals surface area (Å²) in [5.74, 6) is -0.321. The first-order valence-corrected chi connectivity index (χ1v) is 7.01. The van der Waals surface area contributed by atoms with Gasteiger partial charge in [0, 0.05) is 0 Å². The van der Waals surface area contributed by atoms with E-state index in [0.717, 1.165) is 12.0 Å². The maximum atomic E-state index is 11.4. The van der Waals surface area contributed by atoms with Crippen molar-refractivity contribution in [2.24, 2.45) is 17.8 Å². The number of benzene rings is 1. The zero-order chi connectivity index (χ0) is 14.5. The lowest BCUT2D eigenvalue weighted by Gasteiger charge is -2.16. The molecule has 1 fully saturated rings. The van der Waals surface area contributed by atoms with Crippen molar-refractivity contribution >= 4 is 5.97 Å². The van der Waals surface area contributed by atoms with Crippen molar-refractivity contribution in [3.05, 3.63) is 35.9 Å². The number of hydrogen-bond acceptors (Lipinski definition) is 4. The number of carbonyl (C=O) groups is 1. The van der Waals surface area contributed by atoms with Crippen molar-refractivity contribution in [3.8, 4) is 0 Å². The summed E-state index contributed by atoms with van der Waals surface area (Å²) < 4.78 is 10.3. The topological polar surface area (TPSA) is 55.8 Å². The smallest absolute Gasteiger partial charge is 0.311 e. The first kappa shape index (κ1) is 15.0. The van der Waals surface area contributed by atoms with Gasteiger partial charge in [0.05, 0.1) is 32.3 Å². The molecule has 4 atom stereocenters. The summed E-state index contributed by atoms with van der Waals surface area (Å²) in [4.78, 5) is 11.4. The Balaban J connectivity index is 1.69. The molecular weight excluding hydrogens is 256 g/mol. The van der Waals surface area contributed by atoms with Gasteiger partial charge in [-0.25, -0.2) is 0 Å². The van der Waals surface area contributed by atoms with E-state index in [-0.39, 0.29) is 11.9 Å². The van der Waals surface area contributed by atoms with Crippen molar-refractivity contribution in [1.29, 1.82) is 0 Å². The number of aliphatic hydroxyl groups excluding tert-OH is 1. The molecule has 0 spiro atoms. The molecule has 2 rings (SSSR count). The average molecular weight is 278 g/mol. The first-order chi connectivity index (χ1) is 9.63. The largest absolute Gasteiger partial charge is 0.469 e. The third-order valence-corrected chi connectivity index (χ3v) is 3.94. The summed E-state index contributed by atoms with van der Waals surface area (Å²) in [6.07, 6.45) is 0.282. The summed E-state index contributed by atoms with van der Waals surface area (Å²) in [6, 6.07) is 10.0. The summed E-state index contributed by atoms with van der Waals surface area (Å²) in [5, 5.41) is 10.1. The molecule has 0 heterocycles. The number of aliphatic hydroxyl groups is 1. The number of hydrogen-bond donors (Lipinski definition) is 1. The van der Waals surface area contributed by atoms with Crippen molar-refractivity contribution in [1.82, 2.24) is 0 Å². The second-order valence-corrected chi connectivity index (χ2v) is 5.46. The Morgan fingerprint density at radius 2 is 2.10 bits per heavy atom. The van der Waals surface area contributed by atoms with Gasteiger partial charge in [0.2, 0.25) is 0 Å². The van der Waals surface area contributed by atoms with E-state index in [1.54, 1.807) is 6.92 Å². The van der Waals surface area contributed by atoms with Gasteiger partial charge in [-0.15, -0.1) is 0 Å². The Kier molecular flexibility index (Phi) is 5.15. The molecule has 4 heteroatoms. The Morgan fingerprint density at radius 1 is 1.40 bits per heavy atom. The standard InChI is InChI=1S/C16H22O4/c1-11(16(18)19-2)15(17)14-8-13(14)10-20-9-12-6-4-3-5-7-12/h3-7,11,13-15,17H,8-10H2,1-2H3/t11-,13+,14-,15-/m0/s1. The highest BCUT2D eigenvalue weighted by molar-refractivity contribution is 5.72. The van der Waals surface area contributed by atoms with E-state index in [4.69, 9.17) is 4.74 Å². The Morgan fingerprint density at radius 3 is 2.75 bits per heavy atom. The zero-order valence-corrected chi connectivity index (χ0v) is 12.0. The van der Waals surface area contributed by atoms with Crippen LogP contribution in [0.15, 0.2) is 30.3 Å². The maximum Gasteiger partial charge on any atom is 0.311 e. The second kappa shape index (κ2) is 6.86. The van der Waals surface area contributed by atoms with Gasteiger partial charge in [0.15, 0.2) is 0 Å². The second-order valence-electron chi connectivity index (χ2n) is 5.46. The third-order valence-electron chi connectivity index (χ3n) is 3.94. The lowest BCUT2D eigenvalue weighted by Crippen LogP contribution is -2.29. The van der Waals surface area contributed by atoms with Crippen LogP contribution in [0.4, 0.5) is 0 Å². The van der Waals surface area contributed by atoms with Crippen molar-refractivity contribution in [3.63, 3.8) is 0 Å². The van der Waals surface area contributed by atoms with Crippen LogP contribution in [-0.2, 0) is 20.9 Å². The fourth-order valence-electron chi connectivity index (χ4n) is 2.48. The molecule has 4 nitrogen and oxygen atoms in total. The highest BCUT2D eigenvalue weighted by Gasteiger charge is 2.45. The van der Waals surface area contributed by atoms with E-state index < -0.39 is 12.0 Å². The van der Waals surface area contributed by atoms with Crippen molar-refractivity contribution in [2.75, 3.05) is 13.7 Å². The van der Waals surface area contributed by atoms with Crippen LogP contribution in [0.25, 0.3) is 0 Å². The Labute approximate surface area is 119 Å². The van der Waals surface area contributed by atoms with Crippen LogP contribution in [0.2, 0.25) is 0 Å². The van der Waals surface area contributed by atoms with Gasteiger partial charge in [-0.05, 0) is 30.7 Å². The predicted molar refractivity (Wildman–Crippen MR) is 74.9 cm³/mol. The highest BCUT2D eigenvalue weighted by Crippen LogP contribution is 2.43. The molecule has 0 aromatic heterocycles. The molecule has 1 aromatic rings. The maximum absolute atomic E-state index is 11.4. The fourth-order valence-corrected chi connectivity index (χ4v) is 2.48. The van der Waals surface area contributed by atoms with Crippen LogP contribution in [-0.4, -0.2) is 30.9 Å². The van der Waals surface area contributed by atoms with E-state index in [2.05, 4.69) is 4.74 Å². The monoisotopic (exact) mass is 278 g/mol. The lowest BCUT2D eigenvalue weighted by molar-refractivity contribution is -0.149. The summed E-state index contributed by atoms with van der Waals surface area (Å²) in [5.41, 5.74) is 1.15. The Hall–Kier alpha value is -1.39. The summed E-state index contributed by atoms with van der Waals surface area (Å²) in [6.45, 7) is 2.92. The minimum absolute atomic E-state index is 0.153. The van der Waals surface area contributed by atoms with Crippen LogP contribution in [0, 0.1) is 17.8 Å².